The van der Waals surface area contributed by atoms with Crippen LogP contribution in [0.2, 0.25) is 0 Å². The number of rotatable bonds is 8. The minimum atomic E-state index is -0.109. The van der Waals surface area contributed by atoms with Crippen LogP contribution in [0.5, 0.6) is 5.75 Å². The van der Waals surface area contributed by atoms with Crippen LogP contribution < -0.4 is 4.74 Å². The number of ether oxygens (including phenoxy) is 1. The van der Waals surface area contributed by atoms with Gasteiger partial charge in [-0.1, -0.05) is 60.7 Å². The van der Waals surface area contributed by atoms with Gasteiger partial charge in [0.15, 0.2) is 5.82 Å². The normalized spacial score (nSPS) is 12.1. The number of hydrogen-bond acceptors (Lipinski definition) is 5. The number of nitrogens with zero attached hydrogens (tertiary/aromatic N) is 5. The highest BCUT2D eigenvalue weighted by atomic mass is 16.5. The van der Waals surface area contributed by atoms with Crippen molar-refractivity contribution < 1.29 is 4.74 Å². The highest BCUT2D eigenvalue weighted by molar-refractivity contribution is 5.41. The van der Waals surface area contributed by atoms with Gasteiger partial charge in [-0.2, -0.15) is 4.68 Å². The van der Waals surface area contributed by atoms with Gasteiger partial charge in [-0.15, -0.1) is 5.10 Å². The van der Waals surface area contributed by atoms with Crippen molar-refractivity contribution in [2.24, 2.45) is 0 Å². The van der Waals surface area contributed by atoms with E-state index < -0.39 is 0 Å². The van der Waals surface area contributed by atoms with Gasteiger partial charge in [0.05, 0.1) is 18.3 Å². The molecule has 0 saturated heterocycles. The Hall–Kier alpha value is -3.51. The molecule has 0 aliphatic rings. The maximum Gasteiger partial charge on any atom is 0.178 e. The molecule has 0 amide bonds. The smallest absolute Gasteiger partial charge is 0.178 e. The third kappa shape index (κ3) is 4.64. The van der Waals surface area contributed by atoms with Gasteiger partial charge in [-0.3, -0.25) is 4.90 Å². The van der Waals surface area contributed by atoms with Crippen molar-refractivity contribution in [2.45, 2.75) is 26.4 Å². The summed E-state index contributed by atoms with van der Waals surface area (Å²) >= 11 is 0. The second-order valence-corrected chi connectivity index (χ2v) is 7.54. The lowest BCUT2D eigenvalue weighted by atomic mass is 10.0. The summed E-state index contributed by atoms with van der Waals surface area (Å²) in [5.41, 5.74) is 4.44. The number of tetrazole rings is 1. The summed E-state index contributed by atoms with van der Waals surface area (Å²) in [6.07, 6.45) is 0. The Kier molecular flexibility index (Phi) is 6.38. The fraction of sp³-hybridized carbons (Fsp3) is 0.240. The minimum Gasteiger partial charge on any atom is -0.494 e. The predicted molar refractivity (Wildman–Crippen MR) is 121 cm³/mol. The van der Waals surface area contributed by atoms with Crippen LogP contribution in [0.15, 0.2) is 78.9 Å². The van der Waals surface area contributed by atoms with E-state index in [1.807, 2.05) is 48.0 Å². The van der Waals surface area contributed by atoms with Crippen molar-refractivity contribution in [3.05, 3.63) is 101 Å². The maximum absolute atomic E-state index is 5.57. The van der Waals surface area contributed by atoms with Gasteiger partial charge >= 0.3 is 0 Å². The van der Waals surface area contributed by atoms with Crippen LogP contribution in [0.3, 0.4) is 0 Å². The molecule has 1 unspecified atom stereocenters. The number of benzene rings is 3. The molecule has 4 aromatic rings. The first-order valence-corrected chi connectivity index (χ1v) is 10.5. The Balaban J connectivity index is 1.70. The zero-order valence-corrected chi connectivity index (χ0v) is 18.1. The van der Waals surface area contributed by atoms with Crippen molar-refractivity contribution in [1.29, 1.82) is 0 Å². The molecule has 0 saturated carbocycles. The summed E-state index contributed by atoms with van der Waals surface area (Å²) in [5, 5.41) is 12.8. The zero-order chi connectivity index (χ0) is 21.6. The van der Waals surface area contributed by atoms with E-state index in [1.54, 1.807) is 0 Å². The first kappa shape index (κ1) is 20.8. The molecule has 6 heteroatoms. The van der Waals surface area contributed by atoms with Gasteiger partial charge in [-0.05, 0) is 66.2 Å². The van der Waals surface area contributed by atoms with Crippen LogP contribution in [0.25, 0.3) is 5.69 Å². The van der Waals surface area contributed by atoms with Crippen molar-refractivity contribution in [3.8, 4) is 11.4 Å². The summed E-state index contributed by atoms with van der Waals surface area (Å²) in [4.78, 5) is 2.27. The van der Waals surface area contributed by atoms with E-state index in [0.717, 1.165) is 34.9 Å². The molecule has 31 heavy (non-hydrogen) atoms. The highest BCUT2D eigenvalue weighted by Crippen LogP contribution is 2.29. The molecule has 0 N–H and O–H groups in total. The molecule has 0 radical (unpaired) electrons. The third-order valence-corrected chi connectivity index (χ3v) is 5.30. The zero-order valence-electron chi connectivity index (χ0n) is 18.1. The molecular weight excluding hydrogens is 386 g/mol. The van der Waals surface area contributed by atoms with Gasteiger partial charge in [0.25, 0.3) is 0 Å². The Bertz CT molecular complexity index is 1110. The van der Waals surface area contributed by atoms with Crippen molar-refractivity contribution >= 4 is 0 Å². The van der Waals surface area contributed by atoms with Gasteiger partial charge in [0.2, 0.25) is 0 Å². The topological polar surface area (TPSA) is 56.1 Å². The summed E-state index contributed by atoms with van der Waals surface area (Å²) in [5.74, 6) is 1.67. The predicted octanol–water partition coefficient (Wildman–Crippen LogP) is 4.59. The largest absolute Gasteiger partial charge is 0.494 e. The highest BCUT2D eigenvalue weighted by Gasteiger charge is 2.26. The lowest BCUT2D eigenvalue weighted by Crippen LogP contribution is -2.28. The summed E-state index contributed by atoms with van der Waals surface area (Å²) in [6, 6.07) is 26.6. The number of hydrogen-bond donors (Lipinski definition) is 0. The average Bonchev–Trinajstić information content (AvgIpc) is 3.25. The third-order valence-electron chi connectivity index (χ3n) is 5.30. The molecule has 3 aromatic carbocycles. The van der Waals surface area contributed by atoms with E-state index in [4.69, 9.17) is 4.74 Å². The molecule has 1 heterocycles. The monoisotopic (exact) mass is 413 g/mol. The lowest BCUT2D eigenvalue weighted by molar-refractivity contribution is 0.258. The van der Waals surface area contributed by atoms with E-state index in [-0.39, 0.29) is 6.04 Å². The first-order valence-electron chi connectivity index (χ1n) is 10.5. The van der Waals surface area contributed by atoms with Crippen LogP contribution in [0.4, 0.5) is 0 Å². The second kappa shape index (κ2) is 9.53. The average molecular weight is 414 g/mol. The Labute approximate surface area is 183 Å². The van der Waals surface area contributed by atoms with E-state index in [9.17, 15) is 0 Å². The molecule has 4 rings (SSSR count). The Morgan fingerprint density at radius 1 is 0.935 bits per heavy atom. The molecule has 0 aliphatic heterocycles. The van der Waals surface area contributed by atoms with Crippen LogP contribution in [0, 0.1) is 6.92 Å². The van der Waals surface area contributed by atoms with E-state index in [1.165, 1.54) is 5.56 Å². The van der Waals surface area contributed by atoms with E-state index in [2.05, 4.69) is 76.9 Å². The fourth-order valence-corrected chi connectivity index (χ4v) is 3.81. The van der Waals surface area contributed by atoms with Crippen LogP contribution in [-0.2, 0) is 6.54 Å². The van der Waals surface area contributed by atoms with Gasteiger partial charge in [-0.25, -0.2) is 0 Å². The van der Waals surface area contributed by atoms with Crippen molar-refractivity contribution in [3.63, 3.8) is 0 Å². The van der Waals surface area contributed by atoms with Crippen LogP contribution in [-0.4, -0.2) is 38.8 Å². The Morgan fingerprint density at radius 2 is 1.65 bits per heavy atom. The molecule has 0 fully saturated rings. The van der Waals surface area contributed by atoms with Gasteiger partial charge in [0, 0.05) is 6.54 Å². The van der Waals surface area contributed by atoms with Crippen LogP contribution in [0.1, 0.15) is 35.5 Å². The standard InChI is InChI=1S/C25H27N5O/c1-4-31-22-16-14-20(15-17-22)18-29(3)24(21-11-6-5-7-12-21)25-26-27-28-30(25)23-13-9-8-10-19(23)2/h5-17,24H,4,18H2,1-3H3. The minimum absolute atomic E-state index is 0.109. The molecule has 0 bridgehead atoms. The number of aryl methyl sites for hydroxylation is 1. The molecule has 158 valence electrons. The summed E-state index contributed by atoms with van der Waals surface area (Å²) < 4.78 is 7.42. The van der Waals surface area contributed by atoms with Crippen molar-refractivity contribution in [1.82, 2.24) is 25.1 Å². The van der Waals surface area contributed by atoms with E-state index >= 15 is 0 Å². The lowest BCUT2D eigenvalue weighted by Gasteiger charge is -2.28. The number of para-hydroxylation sites is 1. The molecule has 1 aromatic heterocycles. The molecule has 0 aliphatic carbocycles. The second-order valence-electron chi connectivity index (χ2n) is 7.54. The summed E-state index contributed by atoms with van der Waals surface area (Å²) in [7, 11) is 2.10. The SMILES string of the molecule is CCOc1ccc(CN(C)C(c2ccccc2)c2nnnn2-c2ccccc2C)cc1. The molecule has 0 spiro atoms. The molecule has 1 atom stereocenters. The quantitative estimate of drug-likeness (QED) is 0.423. The molecule has 6 nitrogen and oxygen atoms in total. The first-order chi connectivity index (χ1) is 15.2. The van der Waals surface area contributed by atoms with E-state index in [0.29, 0.717) is 6.61 Å². The Morgan fingerprint density at radius 3 is 2.35 bits per heavy atom. The number of aromatic nitrogens is 4. The van der Waals surface area contributed by atoms with Gasteiger partial charge in [0.1, 0.15) is 5.75 Å². The summed E-state index contributed by atoms with van der Waals surface area (Å²) in [6.45, 7) is 5.47. The fourth-order valence-electron chi connectivity index (χ4n) is 3.81. The van der Waals surface area contributed by atoms with Gasteiger partial charge < -0.3 is 4.74 Å². The molecular formula is C25H27N5O. The van der Waals surface area contributed by atoms with Crippen molar-refractivity contribution in [2.75, 3.05) is 13.7 Å². The van der Waals surface area contributed by atoms with Crippen LogP contribution >= 0.6 is 0 Å². The maximum atomic E-state index is 5.57.